The van der Waals surface area contributed by atoms with Crippen LogP contribution >= 0.6 is 0 Å². The summed E-state index contributed by atoms with van der Waals surface area (Å²) >= 11 is 0. The van der Waals surface area contributed by atoms with Crippen LogP contribution in [0.2, 0.25) is 0 Å². The Hall–Kier alpha value is -1.31. The van der Waals surface area contributed by atoms with E-state index in [4.69, 9.17) is 4.74 Å². The van der Waals surface area contributed by atoms with Gasteiger partial charge in [-0.15, -0.1) is 0 Å². The van der Waals surface area contributed by atoms with Gasteiger partial charge in [-0.05, 0) is 51.8 Å². The van der Waals surface area contributed by atoms with E-state index in [9.17, 15) is 4.79 Å². The van der Waals surface area contributed by atoms with E-state index in [1.54, 1.807) is 6.07 Å². The number of benzene rings is 1. The van der Waals surface area contributed by atoms with Gasteiger partial charge in [0.25, 0.3) is 0 Å². The predicted octanol–water partition coefficient (Wildman–Crippen LogP) is 3.26. The highest BCUT2D eigenvalue weighted by Gasteiger charge is 2.19. The molecule has 0 fully saturated rings. The molecule has 1 rings (SSSR count). The summed E-state index contributed by atoms with van der Waals surface area (Å²) in [6.45, 7) is 9.54. The number of carbonyl (C=O) groups is 1. The van der Waals surface area contributed by atoms with Crippen molar-refractivity contribution < 1.29 is 9.53 Å². The van der Waals surface area contributed by atoms with Crippen molar-refractivity contribution in [2.45, 2.75) is 40.2 Å². The normalized spacial score (nSPS) is 11.3. The van der Waals surface area contributed by atoms with Gasteiger partial charge in [-0.1, -0.05) is 12.1 Å². The van der Waals surface area contributed by atoms with Gasteiger partial charge in [-0.3, -0.25) is 0 Å². The molecule has 0 N–H and O–H groups in total. The number of ether oxygens (including phenoxy) is 1. The second-order valence-electron chi connectivity index (χ2n) is 4.75. The first kappa shape index (κ1) is 11.8. The molecule has 0 atom stereocenters. The van der Waals surface area contributed by atoms with Crippen LogP contribution in [0.4, 0.5) is 0 Å². The van der Waals surface area contributed by atoms with Crippen LogP contribution in [0.5, 0.6) is 0 Å². The van der Waals surface area contributed by atoms with E-state index >= 15 is 0 Å². The number of hydrogen-bond acceptors (Lipinski definition) is 2. The SMILES string of the molecule is Cc1cccc(C(=O)OC(C)(C)C)c1C. The Morgan fingerprint density at radius 1 is 1.20 bits per heavy atom. The van der Waals surface area contributed by atoms with Crippen molar-refractivity contribution in [2.24, 2.45) is 0 Å². The van der Waals surface area contributed by atoms with Crippen LogP contribution in [-0.4, -0.2) is 11.6 Å². The molecule has 0 radical (unpaired) electrons. The predicted molar refractivity (Wildman–Crippen MR) is 61.1 cm³/mol. The van der Waals surface area contributed by atoms with Crippen LogP contribution in [0.15, 0.2) is 18.2 Å². The van der Waals surface area contributed by atoms with Crippen molar-refractivity contribution in [1.82, 2.24) is 0 Å². The Bertz CT molecular complexity index is 373. The third-order valence-corrected chi connectivity index (χ3v) is 2.22. The highest BCUT2D eigenvalue weighted by atomic mass is 16.6. The maximum absolute atomic E-state index is 11.8. The lowest BCUT2D eigenvalue weighted by atomic mass is 10.0. The van der Waals surface area contributed by atoms with Gasteiger partial charge in [-0.25, -0.2) is 4.79 Å². The van der Waals surface area contributed by atoms with Crippen molar-refractivity contribution >= 4 is 5.97 Å². The van der Waals surface area contributed by atoms with Gasteiger partial charge < -0.3 is 4.74 Å². The summed E-state index contributed by atoms with van der Waals surface area (Å²) in [6.07, 6.45) is 0. The molecular formula is C13H18O2. The van der Waals surface area contributed by atoms with E-state index < -0.39 is 5.60 Å². The van der Waals surface area contributed by atoms with Crippen molar-refractivity contribution in [3.05, 3.63) is 34.9 Å². The number of aryl methyl sites for hydroxylation is 1. The second kappa shape index (κ2) is 4.05. The van der Waals surface area contributed by atoms with Crippen molar-refractivity contribution in [3.8, 4) is 0 Å². The van der Waals surface area contributed by atoms with E-state index in [0.717, 1.165) is 11.1 Å². The molecule has 0 aromatic heterocycles. The molecule has 0 aliphatic rings. The minimum atomic E-state index is -0.437. The summed E-state index contributed by atoms with van der Waals surface area (Å²) in [5, 5.41) is 0. The monoisotopic (exact) mass is 206 g/mol. The molecule has 0 aliphatic carbocycles. The smallest absolute Gasteiger partial charge is 0.338 e. The third kappa shape index (κ3) is 3.08. The fraction of sp³-hybridized carbons (Fsp3) is 0.462. The standard InChI is InChI=1S/C13H18O2/c1-9-7-6-8-11(10(9)2)12(14)15-13(3,4)5/h6-8H,1-5H3. The Morgan fingerprint density at radius 3 is 2.33 bits per heavy atom. The summed E-state index contributed by atoms with van der Waals surface area (Å²) in [4.78, 5) is 11.8. The molecule has 0 bridgehead atoms. The minimum Gasteiger partial charge on any atom is -0.456 e. The Kier molecular flexibility index (Phi) is 3.18. The lowest BCUT2D eigenvalue weighted by Crippen LogP contribution is -2.24. The van der Waals surface area contributed by atoms with Crippen molar-refractivity contribution in [1.29, 1.82) is 0 Å². The molecule has 15 heavy (non-hydrogen) atoms. The third-order valence-electron chi connectivity index (χ3n) is 2.22. The number of esters is 1. The molecule has 0 spiro atoms. The van der Waals surface area contributed by atoms with Gasteiger partial charge >= 0.3 is 5.97 Å². The molecule has 0 heterocycles. The first-order chi connectivity index (χ1) is 6.81. The molecule has 0 amide bonds. The summed E-state index contributed by atoms with van der Waals surface area (Å²) in [6, 6.07) is 5.67. The van der Waals surface area contributed by atoms with Crippen molar-refractivity contribution in [2.75, 3.05) is 0 Å². The van der Waals surface area contributed by atoms with Crippen LogP contribution < -0.4 is 0 Å². The summed E-state index contributed by atoms with van der Waals surface area (Å²) in [5.41, 5.74) is 2.32. The molecule has 2 heteroatoms. The quantitative estimate of drug-likeness (QED) is 0.659. The summed E-state index contributed by atoms with van der Waals surface area (Å²) in [7, 11) is 0. The Labute approximate surface area is 91.3 Å². The fourth-order valence-electron chi connectivity index (χ4n) is 1.31. The Morgan fingerprint density at radius 2 is 1.80 bits per heavy atom. The molecule has 1 aromatic carbocycles. The number of hydrogen-bond donors (Lipinski definition) is 0. The summed E-state index contributed by atoms with van der Waals surface area (Å²) in [5.74, 6) is -0.247. The molecule has 0 unspecified atom stereocenters. The minimum absolute atomic E-state index is 0.247. The van der Waals surface area contributed by atoms with Crippen LogP contribution in [0.25, 0.3) is 0 Å². The average Bonchev–Trinajstić information content (AvgIpc) is 2.06. The number of rotatable bonds is 1. The van der Waals surface area contributed by atoms with Crippen LogP contribution in [0, 0.1) is 13.8 Å². The van der Waals surface area contributed by atoms with Crippen LogP contribution in [0.3, 0.4) is 0 Å². The molecule has 1 aromatic rings. The highest BCUT2D eigenvalue weighted by Crippen LogP contribution is 2.17. The van der Waals surface area contributed by atoms with E-state index in [-0.39, 0.29) is 5.97 Å². The maximum Gasteiger partial charge on any atom is 0.338 e. The van der Waals surface area contributed by atoms with Crippen molar-refractivity contribution in [3.63, 3.8) is 0 Å². The zero-order valence-electron chi connectivity index (χ0n) is 10.0. The van der Waals surface area contributed by atoms with Gasteiger partial charge in [0, 0.05) is 0 Å². The van der Waals surface area contributed by atoms with E-state index in [2.05, 4.69) is 0 Å². The van der Waals surface area contributed by atoms with Gasteiger partial charge in [0.15, 0.2) is 0 Å². The second-order valence-corrected chi connectivity index (χ2v) is 4.75. The molecule has 2 nitrogen and oxygen atoms in total. The molecule has 0 saturated heterocycles. The van der Waals surface area contributed by atoms with Gasteiger partial charge in [0.2, 0.25) is 0 Å². The van der Waals surface area contributed by atoms with E-state index in [1.165, 1.54) is 0 Å². The fourth-order valence-corrected chi connectivity index (χ4v) is 1.31. The highest BCUT2D eigenvalue weighted by molar-refractivity contribution is 5.91. The first-order valence-electron chi connectivity index (χ1n) is 5.11. The van der Waals surface area contributed by atoms with Gasteiger partial charge in [0.05, 0.1) is 5.56 Å². The molecular weight excluding hydrogens is 188 g/mol. The molecule has 82 valence electrons. The zero-order valence-corrected chi connectivity index (χ0v) is 10.0. The first-order valence-corrected chi connectivity index (χ1v) is 5.11. The zero-order chi connectivity index (χ0) is 11.6. The van der Waals surface area contributed by atoms with Gasteiger partial charge in [0.1, 0.15) is 5.60 Å². The van der Waals surface area contributed by atoms with E-state index in [0.29, 0.717) is 5.56 Å². The topological polar surface area (TPSA) is 26.3 Å². The number of carbonyl (C=O) groups excluding carboxylic acids is 1. The largest absolute Gasteiger partial charge is 0.456 e. The van der Waals surface area contributed by atoms with Crippen LogP contribution in [-0.2, 0) is 4.74 Å². The molecule has 0 aliphatic heterocycles. The van der Waals surface area contributed by atoms with Gasteiger partial charge in [-0.2, -0.15) is 0 Å². The average molecular weight is 206 g/mol. The maximum atomic E-state index is 11.8. The van der Waals surface area contributed by atoms with E-state index in [1.807, 2.05) is 46.8 Å². The lowest BCUT2D eigenvalue weighted by molar-refractivity contribution is 0.00686. The summed E-state index contributed by atoms with van der Waals surface area (Å²) < 4.78 is 5.32. The lowest BCUT2D eigenvalue weighted by Gasteiger charge is -2.20. The van der Waals surface area contributed by atoms with Crippen LogP contribution in [0.1, 0.15) is 42.3 Å². The Balaban J connectivity index is 2.97. The molecule has 0 saturated carbocycles.